The largest absolute Gasteiger partial charge is 0.395 e. The van der Waals surface area contributed by atoms with Crippen LogP contribution in [-0.2, 0) is 10.2 Å². The van der Waals surface area contributed by atoms with Gasteiger partial charge in [-0.2, -0.15) is 0 Å². The van der Waals surface area contributed by atoms with Crippen molar-refractivity contribution >= 4 is 21.7 Å². The predicted molar refractivity (Wildman–Crippen MR) is 71.1 cm³/mol. The van der Waals surface area contributed by atoms with Gasteiger partial charge in [0.2, 0.25) is 0 Å². The van der Waals surface area contributed by atoms with Crippen molar-refractivity contribution in [3.63, 3.8) is 0 Å². The molecule has 17 heavy (non-hydrogen) atoms. The van der Waals surface area contributed by atoms with Crippen LogP contribution in [0.25, 0.3) is 0 Å². The first-order valence-corrected chi connectivity index (χ1v) is 6.75. The molecule has 1 aromatic carbocycles. The van der Waals surface area contributed by atoms with Gasteiger partial charge in [0, 0.05) is 22.7 Å². The second-order valence-electron chi connectivity index (χ2n) is 4.99. The molecule has 1 N–H and O–H groups in total. The molecule has 0 spiro atoms. The summed E-state index contributed by atoms with van der Waals surface area (Å²) < 4.78 is 1.04. The van der Waals surface area contributed by atoms with E-state index in [0.717, 1.165) is 22.9 Å². The average molecular weight is 297 g/mol. The molecule has 0 amide bonds. The highest BCUT2D eigenvalue weighted by molar-refractivity contribution is 9.10. The number of halogens is 1. The van der Waals surface area contributed by atoms with E-state index < -0.39 is 0 Å². The molecular weight excluding hydrogens is 280 g/mol. The van der Waals surface area contributed by atoms with E-state index in [-0.39, 0.29) is 12.0 Å². The van der Waals surface area contributed by atoms with E-state index in [9.17, 15) is 9.90 Å². The Morgan fingerprint density at radius 3 is 2.47 bits per heavy atom. The molecule has 0 radical (unpaired) electrons. The molecule has 2 nitrogen and oxygen atoms in total. The summed E-state index contributed by atoms with van der Waals surface area (Å²) in [6.45, 7) is 2.17. The van der Waals surface area contributed by atoms with Gasteiger partial charge in [-0.25, -0.2) is 0 Å². The zero-order valence-electron chi connectivity index (χ0n) is 10.0. The third-order valence-electron chi connectivity index (χ3n) is 3.72. The van der Waals surface area contributed by atoms with Crippen LogP contribution in [0.2, 0.25) is 0 Å². The molecule has 0 aromatic heterocycles. The minimum atomic E-state index is -0.220. The third kappa shape index (κ3) is 2.61. The lowest BCUT2D eigenvalue weighted by Crippen LogP contribution is -2.35. The fourth-order valence-electron chi connectivity index (χ4n) is 2.59. The molecule has 0 aliphatic heterocycles. The Morgan fingerprint density at radius 1 is 1.29 bits per heavy atom. The molecule has 0 heterocycles. The van der Waals surface area contributed by atoms with Crippen LogP contribution in [0.5, 0.6) is 0 Å². The van der Waals surface area contributed by atoms with Crippen molar-refractivity contribution < 1.29 is 9.90 Å². The summed E-state index contributed by atoms with van der Waals surface area (Å²) in [6, 6.07) is 6.25. The van der Waals surface area contributed by atoms with Crippen molar-refractivity contribution in [1.82, 2.24) is 0 Å². The van der Waals surface area contributed by atoms with Crippen LogP contribution in [0, 0.1) is 6.92 Å². The zero-order chi connectivity index (χ0) is 12.5. The molecule has 1 saturated carbocycles. The minimum Gasteiger partial charge on any atom is -0.395 e. The number of carbonyl (C=O) groups excluding carboxylic acids is 1. The van der Waals surface area contributed by atoms with E-state index in [4.69, 9.17) is 0 Å². The Kier molecular flexibility index (Phi) is 3.69. The quantitative estimate of drug-likeness (QED) is 0.910. The Balaban J connectivity index is 2.37. The summed E-state index contributed by atoms with van der Waals surface area (Å²) in [5.74, 6) is 0.320. The van der Waals surface area contributed by atoms with Gasteiger partial charge in [-0.3, -0.25) is 4.79 Å². The zero-order valence-corrected chi connectivity index (χ0v) is 11.6. The second-order valence-corrected chi connectivity index (χ2v) is 5.91. The Labute approximate surface area is 110 Å². The van der Waals surface area contributed by atoms with Gasteiger partial charge < -0.3 is 5.11 Å². The van der Waals surface area contributed by atoms with Crippen LogP contribution in [0.15, 0.2) is 22.7 Å². The topological polar surface area (TPSA) is 37.3 Å². The molecule has 2 rings (SSSR count). The van der Waals surface area contributed by atoms with Crippen LogP contribution in [0.3, 0.4) is 0 Å². The first-order valence-electron chi connectivity index (χ1n) is 5.96. The fourth-order valence-corrected chi connectivity index (χ4v) is 3.20. The average Bonchev–Trinajstić information content (AvgIpc) is 2.29. The summed E-state index contributed by atoms with van der Waals surface area (Å²) in [4.78, 5) is 11.3. The maximum atomic E-state index is 11.3. The number of carbonyl (C=O) groups is 1. The van der Waals surface area contributed by atoms with Crippen molar-refractivity contribution in [2.24, 2.45) is 0 Å². The van der Waals surface area contributed by atoms with E-state index in [0.29, 0.717) is 18.6 Å². The van der Waals surface area contributed by atoms with Gasteiger partial charge in [0.15, 0.2) is 0 Å². The minimum absolute atomic E-state index is 0.121. The molecule has 92 valence electrons. The van der Waals surface area contributed by atoms with Gasteiger partial charge in [0.1, 0.15) is 5.78 Å². The molecule has 1 aliphatic rings. The Morgan fingerprint density at radius 2 is 1.94 bits per heavy atom. The van der Waals surface area contributed by atoms with Gasteiger partial charge in [0.05, 0.1) is 6.61 Å². The van der Waals surface area contributed by atoms with E-state index >= 15 is 0 Å². The molecule has 0 bridgehead atoms. The van der Waals surface area contributed by atoms with Gasteiger partial charge in [-0.1, -0.05) is 22.0 Å². The molecule has 0 saturated heterocycles. The molecular formula is C14H17BrO2. The molecule has 3 heteroatoms. The first kappa shape index (κ1) is 12.8. The second kappa shape index (κ2) is 4.91. The maximum absolute atomic E-state index is 11.3. The normalized spacial score (nSPS) is 19.4. The van der Waals surface area contributed by atoms with Crippen LogP contribution in [0.4, 0.5) is 0 Å². The number of hydrogen-bond acceptors (Lipinski definition) is 2. The fraction of sp³-hybridized carbons (Fsp3) is 0.500. The first-order chi connectivity index (χ1) is 8.05. The lowest BCUT2D eigenvalue weighted by Gasteiger charge is -2.36. The summed E-state index contributed by atoms with van der Waals surface area (Å²) in [5, 5.41) is 9.74. The van der Waals surface area contributed by atoms with Crippen molar-refractivity contribution in [3.05, 3.63) is 33.8 Å². The van der Waals surface area contributed by atoms with Crippen LogP contribution in [-0.4, -0.2) is 17.5 Å². The number of aryl methyl sites for hydroxylation is 1. The van der Waals surface area contributed by atoms with Gasteiger partial charge >= 0.3 is 0 Å². The maximum Gasteiger partial charge on any atom is 0.132 e. The number of ketones is 1. The molecule has 1 aliphatic carbocycles. The SMILES string of the molecule is Cc1cc(Br)cc(C2(CO)CCC(=O)CC2)c1. The third-order valence-corrected chi connectivity index (χ3v) is 4.18. The number of benzene rings is 1. The number of rotatable bonds is 2. The van der Waals surface area contributed by atoms with Gasteiger partial charge in [-0.15, -0.1) is 0 Å². The van der Waals surface area contributed by atoms with Crippen molar-refractivity contribution in [3.8, 4) is 0 Å². The predicted octanol–water partition coefficient (Wildman–Crippen LogP) is 3.13. The van der Waals surface area contributed by atoms with Gasteiger partial charge in [-0.05, 0) is 43.0 Å². The summed E-state index contributed by atoms with van der Waals surface area (Å²) in [5.41, 5.74) is 2.11. The molecule has 1 aromatic rings. The van der Waals surface area contributed by atoms with E-state index in [1.807, 2.05) is 6.92 Å². The summed E-state index contributed by atoms with van der Waals surface area (Å²) >= 11 is 3.50. The number of hydrogen-bond donors (Lipinski definition) is 1. The standard InChI is InChI=1S/C14H17BrO2/c1-10-6-11(8-12(15)7-10)14(9-16)4-2-13(17)3-5-14/h6-8,16H,2-5,9H2,1H3. The number of aliphatic hydroxyl groups excluding tert-OH is 1. The van der Waals surface area contributed by atoms with E-state index in [1.165, 1.54) is 5.56 Å². The smallest absolute Gasteiger partial charge is 0.132 e. The van der Waals surface area contributed by atoms with Crippen LogP contribution >= 0.6 is 15.9 Å². The number of Topliss-reactive ketones (excluding diaryl/α,β-unsaturated/α-hetero) is 1. The van der Waals surface area contributed by atoms with Crippen LogP contribution < -0.4 is 0 Å². The highest BCUT2D eigenvalue weighted by Gasteiger charge is 2.36. The van der Waals surface area contributed by atoms with Crippen molar-refractivity contribution in [2.45, 2.75) is 38.0 Å². The van der Waals surface area contributed by atoms with Gasteiger partial charge in [0.25, 0.3) is 0 Å². The Bertz CT molecular complexity index is 410. The summed E-state index contributed by atoms with van der Waals surface area (Å²) in [7, 11) is 0. The number of aliphatic hydroxyl groups is 1. The van der Waals surface area contributed by atoms with E-state index in [1.54, 1.807) is 0 Å². The Hall–Kier alpha value is -0.670. The lowest BCUT2D eigenvalue weighted by molar-refractivity contribution is -0.121. The lowest BCUT2D eigenvalue weighted by atomic mass is 9.69. The molecule has 0 unspecified atom stereocenters. The molecule has 1 fully saturated rings. The van der Waals surface area contributed by atoms with Crippen molar-refractivity contribution in [2.75, 3.05) is 6.61 Å². The highest BCUT2D eigenvalue weighted by atomic mass is 79.9. The van der Waals surface area contributed by atoms with Crippen molar-refractivity contribution in [1.29, 1.82) is 0 Å². The molecule has 0 atom stereocenters. The van der Waals surface area contributed by atoms with Crippen LogP contribution in [0.1, 0.15) is 36.8 Å². The highest BCUT2D eigenvalue weighted by Crippen LogP contribution is 2.39. The summed E-state index contributed by atoms with van der Waals surface area (Å²) in [6.07, 6.45) is 2.70. The monoisotopic (exact) mass is 296 g/mol. The van der Waals surface area contributed by atoms with E-state index in [2.05, 4.69) is 34.1 Å².